The Morgan fingerprint density at radius 2 is 1.92 bits per heavy atom. The first-order valence-electron chi connectivity index (χ1n) is 7.91. The van der Waals surface area contributed by atoms with E-state index in [1.807, 2.05) is 6.92 Å². The van der Waals surface area contributed by atoms with Gasteiger partial charge >= 0.3 is 0 Å². The summed E-state index contributed by atoms with van der Waals surface area (Å²) in [7, 11) is -3.70. The lowest BCUT2D eigenvalue weighted by Gasteiger charge is -2.30. The Labute approximate surface area is 143 Å². The van der Waals surface area contributed by atoms with E-state index in [4.69, 9.17) is 4.74 Å². The van der Waals surface area contributed by atoms with Crippen LogP contribution in [0.2, 0.25) is 0 Å². The Balaban J connectivity index is 2.90. The summed E-state index contributed by atoms with van der Waals surface area (Å²) in [6.45, 7) is 5.15. The van der Waals surface area contributed by atoms with Gasteiger partial charge in [-0.3, -0.25) is 9.10 Å². The maximum atomic E-state index is 13.1. The van der Waals surface area contributed by atoms with Crippen LogP contribution in [0.4, 0.5) is 10.1 Å². The lowest BCUT2D eigenvalue weighted by molar-refractivity contribution is -0.122. The molecule has 136 valence electrons. The van der Waals surface area contributed by atoms with Crippen molar-refractivity contribution in [1.29, 1.82) is 0 Å². The van der Waals surface area contributed by atoms with E-state index in [2.05, 4.69) is 5.32 Å². The molecular formula is C16H25FN2O4S. The fourth-order valence-electron chi connectivity index (χ4n) is 2.30. The molecule has 0 aliphatic rings. The van der Waals surface area contributed by atoms with Crippen LogP contribution in [0.15, 0.2) is 24.3 Å². The van der Waals surface area contributed by atoms with E-state index >= 15 is 0 Å². The van der Waals surface area contributed by atoms with Gasteiger partial charge in [0.05, 0.1) is 11.9 Å². The number of amides is 1. The minimum absolute atomic E-state index is 0.259. The lowest BCUT2D eigenvalue weighted by Crippen LogP contribution is -2.49. The normalized spacial score (nSPS) is 12.7. The second kappa shape index (κ2) is 9.58. The van der Waals surface area contributed by atoms with Crippen LogP contribution in [0.3, 0.4) is 0 Å². The molecule has 0 spiro atoms. The molecule has 8 heteroatoms. The van der Waals surface area contributed by atoms with Crippen molar-refractivity contribution in [3.63, 3.8) is 0 Å². The van der Waals surface area contributed by atoms with Gasteiger partial charge < -0.3 is 10.1 Å². The molecule has 1 amide bonds. The maximum absolute atomic E-state index is 13.1. The van der Waals surface area contributed by atoms with Crippen LogP contribution in [-0.4, -0.2) is 46.4 Å². The minimum atomic E-state index is -3.70. The van der Waals surface area contributed by atoms with Crippen LogP contribution in [-0.2, 0) is 19.6 Å². The topological polar surface area (TPSA) is 75.7 Å². The molecule has 1 aromatic rings. The van der Waals surface area contributed by atoms with Gasteiger partial charge in [-0.1, -0.05) is 6.92 Å². The summed E-state index contributed by atoms with van der Waals surface area (Å²) < 4.78 is 43.7. The summed E-state index contributed by atoms with van der Waals surface area (Å²) in [5.41, 5.74) is 0.259. The lowest BCUT2D eigenvalue weighted by atomic mass is 10.2. The first-order chi connectivity index (χ1) is 11.3. The van der Waals surface area contributed by atoms with Gasteiger partial charge in [0.25, 0.3) is 0 Å². The van der Waals surface area contributed by atoms with Crippen molar-refractivity contribution < 1.29 is 22.3 Å². The highest BCUT2D eigenvalue weighted by molar-refractivity contribution is 7.92. The van der Waals surface area contributed by atoms with Gasteiger partial charge in [-0.25, -0.2) is 12.8 Å². The molecule has 1 atom stereocenters. The smallest absolute Gasteiger partial charge is 0.243 e. The molecule has 0 saturated carbocycles. The van der Waals surface area contributed by atoms with Crippen molar-refractivity contribution >= 4 is 21.6 Å². The fourth-order valence-corrected chi connectivity index (χ4v) is 3.51. The highest BCUT2D eigenvalue weighted by atomic mass is 32.2. The van der Waals surface area contributed by atoms with Crippen LogP contribution >= 0.6 is 0 Å². The molecule has 0 heterocycles. The van der Waals surface area contributed by atoms with E-state index in [0.717, 1.165) is 10.6 Å². The number of carbonyl (C=O) groups is 1. The second-order valence-electron chi connectivity index (χ2n) is 5.30. The van der Waals surface area contributed by atoms with Crippen molar-refractivity contribution in [1.82, 2.24) is 5.32 Å². The Bertz CT molecular complexity index is 619. The van der Waals surface area contributed by atoms with Crippen LogP contribution in [0.1, 0.15) is 26.7 Å². The quantitative estimate of drug-likeness (QED) is 0.647. The number of sulfonamides is 1. The van der Waals surface area contributed by atoms with E-state index in [0.29, 0.717) is 32.6 Å². The van der Waals surface area contributed by atoms with Gasteiger partial charge in [-0.15, -0.1) is 0 Å². The number of halogens is 1. The average molecular weight is 360 g/mol. The third-order valence-electron chi connectivity index (χ3n) is 3.38. The highest BCUT2D eigenvalue weighted by Gasteiger charge is 2.31. The summed E-state index contributed by atoms with van der Waals surface area (Å²) in [5, 5.41) is 2.73. The molecule has 1 N–H and O–H groups in total. The summed E-state index contributed by atoms with van der Waals surface area (Å²) in [6.07, 6.45) is 1.97. The predicted octanol–water partition coefficient (Wildman–Crippen LogP) is 1.91. The zero-order chi connectivity index (χ0) is 18.2. The number of ether oxygens (including phenoxy) is 1. The second-order valence-corrected chi connectivity index (χ2v) is 7.16. The summed E-state index contributed by atoms with van der Waals surface area (Å²) in [4.78, 5) is 12.4. The van der Waals surface area contributed by atoms with Crippen molar-refractivity contribution in [2.24, 2.45) is 0 Å². The number of hydrogen-bond acceptors (Lipinski definition) is 4. The number of carbonyl (C=O) groups excluding carboxylic acids is 1. The molecule has 1 rings (SSSR count). The predicted molar refractivity (Wildman–Crippen MR) is 91.9 cm³/mol. The van der Waals surface area contributed by atoms with Gasteiger partial charge in [0, 0.05) is 19.8 Å². The monoisotopic (exact) mass is 360 g/mol. The van der Waals surface area contributed by atoms with E-state index in [-0.39, 0.29) is 11.6 Å². The Kier molecular flexibility index (Phi) is 8.14. The minimum Gasteiger partial charge on any atom is -0.382 e. The van der Waals surface area contributed by atoms with Crippen LogP contribution in [0.5, 0.6) is 0 Å². The fraction of sp³-hybridized carbons (Fsp3) is 0.562. The molecule has 0 aliphatic heterocycles. The molecule has 6 nitrogen and oxygen atoms in total. The van der Waals surface area contributed by atoms with E-state index in [1.165, 1.54) is 24.3 Å². The summed E-state index contributed by atoms with van der Waals surface area (Å²) in [6, 6.07) is 4.14. The number of rotatable bonds is 10. The van der Waals surface area contributed by atoms with E-state index in [1.54, 1.807) is 6.92 Å². The largest absolute Gasteiger partial charge is 0.382 e. The highest BCUT2D eigenvalue weighted by Crippen LogP contribution is 2.22. The third-order valence-corrected chi connectivity index (χ3v) is 4.56. The number of nitrogens with one attached hydrogen (secondary N) is 1. The van der Waals surface area contributed by atoms with Crippen LogP contribution in [0.25, 0.3) is 0 Å². The van der Waals surface area contributed by atoms with Gasteiger partial charge in [0.2, 0.25) is 15.9 Å². The Hall–Kier alpha value is -1.67. The molecule has 0 radical (unpaired) electrons. The first kappa shape index (κ1) is 20.4. The van der Waals surface area contributed by atoms with Gasteiger partial charge in [0.15, 0.2) is 0 Å². The summed E-state index contributed by atoms with van der Waals surface area (Å²) in [5.74, 6) is -0.857. The molecule has 1 aromatic carbocycles. The van der Waals surface area contributed by atoms with Gasteiger partial charge in [0.1, 0.15) is 11.9 Å². The Morgan fingerprint density at radius 1 is 1.29 bits per heavy atom. The molecule has 0 unspecified atom stereocenters. The number of benzene rings is 1. The molecule has 0 bridgehead atoms. The number of hydrogen-bond donors (Lipinski definition) is 1. The van der Waals surface area contributed by atoms with Crippen molar-refractivity contribution in [2.75, 3.05) is 30.3 Å². The zero-order valence-electron chi connectivity index (χ0n) is 14.3. The zero-order valence-corrected chi connectivity index (χ0v) is 15.1. The SMILES string of the molecule is CCOCCCNC(=O)[C@H](CC)N(c1ccc(F)cc1)S(C)(=O)=O. The average Bonchev–Trinajstić information content (AvgIpc) is 2.52. The van der Waals surface area contributed by atoms with Gasteiger partial charge in [-0.05, 0) is 44.0 Å². The van der Waals surface area contributed by atoms with Crippen molar-refractivity contribution in [3.8, 4) is 0 Å². The first-order valence-corrected chi connectivity index (χ1v) is 9.76. The maximum Gasteiger partial charge on any atom is 0.243 e. The van der Waals surface area contributed by atoms with E-state index in [9.17, 15) is 17.6 Å². The van der Waals surface area contributed by atoms with Crippen molar-refractivity contribution in [2.45, 2.75) is 32.7 Å². The molecule has 24 heavy (non-hydrogen) atoms. The number of nitrogens with zero attached hydrogens (tertiary/aromatic N) is 1. The molecule has 0 aromatic heterocycles. The number of anilines is 1. The standard InChI is InChI=1S/C16H25FN2O4S/c1-4-15(16(20)18-11-6-12-23-5-2)19(24(3,21)22)14-9-7-13(17)8-10-14/h7-10,15H,4-6,11-12H2,1-3H3,(H,18,20)/t15-/m0/s1. The molecule has 0 fully saturated rings. The third kappa shape index (κ3) is 6.09. The van der Waals surface area contributed by atoms with E-state index < -0.39 is 21.9 Å². The molecular weight excluding hydrogens is 335 g/mol. The Morgan fingerprint density at radius 3 is 2.42 bits per heavy atom. The van der Waals surface area contributed by atoms with Gasteiger partial charge in [-0.2, -0.15) is 0 Å². The summed E-state index contributed by atoms with van der Waals surface area (Å²) >= 11 is 0. The van der Waals surface area contributed by atoms with Crippen molar-refractivity contribution in [3.05, 3.63) is 30.1 Å². The van der Waals surface area contributed by atoms with Crippen LogP contribution in [0, 0.1) is 5.82 Å². The molecule has 0 aliphatic carbocycles. The molecule has 0 saturated heterocycles. The van der Waals surface area contributed by atoms with Crippen LogP contribution < -0.4 is 9.62 Å².